The zero-order valence-corrected chi connectivity index (χ0v) is 26.5. The van der Waals surface area contributed by atoms with E-state index >= 15 is 0 Å². The van der Waals surface area contributed by atoms with E-state index in [4.69, 9.17) is 21.1 Å². The van der Waals surface area contributed by atoms with E-state index in [0.29, 0.717) is 22.0 Å². The molecule has 0 aliphatic rings. The number of halogens is 1. The van der Waals surface area contributed by atoms with Gasteiger partial charge in [0.05, 0.1) is 24.8 Å². The van der Waals surface area contributed by atoms with Crippen LogP contribution in [0.2, 0.25) is 5.02 Å². The van der Waals surface area contributed by atoms with Gasteiger partial charge in [0, 0.05) is 23.2 Å². The standard InChI is InChI=1S/C31H38ClN3O6S/c1-21-11-13-25(14-12-21)35(42(38,39)26-15-16-27(40-6)28(18-26)41-7)20-29(36)34(19-23-9-8-10-24(32)17-23)22(2)30(37)33-31(3,4)5/h8-18,22H,19-20H2,1-7H3,(H,33,37). The highest BCUT2D eigenvalue weighted by Gasteiger charge is 2.33. The van der Waals surface area contributed by atoms with Gasteiger partial charge in [-0.3, -0.25) is 13.9 Å². The molecule has 1 N–H and O–H groups in total. The van der Waals surface area contributed by atoms with Crippen molar-refractivity contribution >= 4 is 39.1 Å². The molecule has 9 nitrogen and oxygen atoms in total. The first kappa shape index (κ1) is 32.8. The minimum absolute atomic E-state index is 0.0380. The highest BCUT2D eigenvalue weighted by molar-refractivity contribution is 7.92. The van der Waals surface area contributed by atoms with Gasteiger partial charge < -0.3 is 19.7 Å². The zero-order chi connectivity index (χ0) is 31.2. The molecule has 0 aliphatic heterocycles. The van der Waals surface area contributed by atoms with Crippen LogP contribution >= 0.6 is 11.6 Å². The largest absolute Gasteiger partial charge is 0.493 e. The molecule has 3 aromatic carbocycles. The minimum atomic E-state index is -4.28. The Morgan fingerprint density at radius 2 is 1.60 bits per heavy atom. The molecule has 0 spiro atoms. The molecule has 226 valence electrons. The molecule has 0 fully saturated rings. The van der Waals surface area contributed by atoms with Crippen LogP contribution in [0.3, 0.4) is 0 Å². The van der Waals surface area contributed by atoms with Gasteiger partial charge in [-0.15, -0.1) is 0 Å². The number of sulfonamides is 1. The molecule has 1 atom stereocenters. The van der Waals surface area contributed by atoms with Crippen molar-refractivity contribution in [2.75, 3.05) is 25.1 Å². The number of hydrogen-bond acceptors (Lipinski definition) is 6. The number of ether oxygens (including phenoxy) is 2. The Kier molecular flexibility index (Phi) is 10.5. The summed E-state index contributed by atoms with van der Waals surface area (Å²) in [4.78, 5) is 28.5. The van der Waals surface area contributed by atoms with E-state index in [2.05, 4.69) is 5.32 Å². The maximum Gasteiger partial charge on any atom is 0.264 e. The Morgan fingerprint density at radius 3 is 2.17 bits per heavy atom. The summed E-state index contributed by atoms with van der Waals surface area (Å²) >= 11 is 6.20. The molecule has 1 unspecified atom stereocenters. The number of hydrogen-bond donors (Lipinski definition) is 1. The fourth-order valence-electron chi connectivity index (χ4n) is 4.23. The minimum Gasteiger partial charge on any atom is -0.493 e. The third-order valence-electron chi connectivity index (χ3n) is 6.45. The van der Waals surface area contributed by atoms with Gasteiger partial charge in [-0.2, -0.15) is 0 Å². The number of methoxy groups -OCH3 is 2. The summed E-state index contributed by atoms with van der Waals surface area (Å²) in [6.45, 7) is 8.50. The summed E-state index contributed by atoms with van der Waals surface area (Å²) in [5, 5.41) is 3.38. The van der Waals surface area contributed by atoms with Gasteiger partial charge in [0.1, 0.15) is 12.6 Å². The fourth-order valence-corrected chi connectivity index (χ4v) is 5.88. The van der Waals surface area contributed by atoms with Crippen molar-refractivity contribution in [3.05, 3.63) is 82.9 Å². The molecular weight excluding hydrogens is 578 g/mol. The van der Waals surface area contributed by atoms with Crippen LogP contribution in [0.5, 0.6) is 11.5 Å². The number of nitrogens with zero attached hydrogens (tertiary/aromatic N) is 2. The SMILES string of the molecule is COc1ccc(S(=O)(=O)N(CC(=O)N(Cc2cccc(Cl)c2)C(C)C(=O)NC(C)(C)C)c2ccc(C)cc2)cc1OC. The molecule has 0 aliphatic carbocycles. The molecule has 0 heterocycles. The molecule has 3 aromatic rings. The first-order valence-corrected chi connectivity index (χ1v) is 15.2. The molecule has 3 rings (SSSR count). The van der Waals surface area contributed by atoms with Crippen molar-refractivity contribution in [3.8, 4) is 11.5 Å². The van der Waals surface area contributed by atoms with E-state index in [1.54, 1.807) is 55.5 Å². The van der Waals surface area contributed by atoms with Crippen molar-refractivity contribution in [1.82, 2.24) is 10.2 Å². The van der Waals surface area contributed by atoms with Crippen LogP contribution in [0.25, 0.3) is 0 Å². The lowest BCUT2D eigenvalue weighted by atomic mass is 10.1. The number of aryl methyl sites for hydroxylation is 1. The van der Waals surface area contributed by atoms with Gasteiger partial charge >= 0.3 is 0 Å². The van der Waals surface area contributed by atoms with Crippen molar-refractivity contribution < 1.29 is 27.5 Å². The van der Waals surface area contributed by atoms with Gasteiger partial charge in [0.15, 0.2) is 11.5 Å². The lowest BCUT2D eigenvalue weighted by Crippen LogP contribution is -2.54. The molecule has 0 bridgehead atoms. The van der Waals surface area contributed by atoms with Gasteiger partial charge in [0.25, 0.3) is 10.0 Å². The molecule has 0 aromatic heterocycles. The maximum atomic E-state index is 14.1. The van der Waals surface area contributed by atoms with E-state index < -0.39 is 34.1 Å². The summed E-state index contributed by atoms with van der Waals surface area (Å²) in [7, 11) is -1.42. The van der Waals surface area contributed by atoms with Crippen LogP contribution in [0, 0.1) is 6.92 Å². The highest BCUT2D eigenvalue weighted by atomic mass is 35.5. The van der Waals surface area contributed by atoms with Crippen molar-refractivity contribution in [1.29, 1.82) is 0 Å². The quantitative estimate of drug-likeness (QED) is 0.318. The fraction of sp³-hybridized carbons (Fsp3) is 0.355. The predicted octanol–water partition coefficient (Wildman–Crippen LogP) is 5.19. The van der Waals surface area contributed by atoms with Gasteiger partial charge in [0.2, 0.25) is 11.8 Å². The third-order valence-corrected chi connectivity index (χ3v) is 8.46. The lowest BCUT2D eigenvalue weighted by molar-refractivity contribution is -0.140. The van der Waals surface area contributed by atoms with Crippen LogP contribution in [-0.4, -0.2) is 57.5 Å². The molecule has 11 heteroatoms. The Balaban J connectivity index is 2.08. The molecule has 42 heavy (non-hydrogen) atoms. The van der Waals surface area contributed by atoms with Crippen LogP contribution in [0.15, 0.2) is 71.6 Å². The molecular formula is C31H38ClN3O6S. The van der Waals surface area contributed by atoms with Crippen LogP contribution in [-0.2, 0) is 26.2 Å². The second-order valence-corrected chi connectivity index (χ2v) is 13.2. The number of anilines is 1. The molecule has 0 radical (unpaired) electrons. The van der Waals surface area contributed by atoms with Gasteiger partial charge in [-0.05, 0) is 76.6 Å². The van der Waals surface area contributed by atoms with E-state index in [1.165, 1.54) is 37.3 Å². The number of rotatable bonds is 11. The number of carbonyl (C=O) groups excluding carboxylic acids is 2. The lowest BCUT2D eigenvalue weighted by Gasteiger charge is -2.33. The number of carbonyl (C=O) groups is 2. The Hall–Kier alpha value is -3.76. The summed E-state index contributed by atoms with van der Waals surface area (Å²) in [6, 6.07) is 17.1. The predicted molar refractivity (Wildman–Crippen MR) is 165 cm³/mol. The number of benzene rings is 3. The van der Waals surface area contributed by atoms with E-state index in [-0.39, 0.29) is 23.1 Å². The first-order chi connectivity index (χ1) is 19.7. The third kappa shape index (κ3) is 8.17. The summed E-state index contributed by atoms with van der Waals surface area (Å²) in [6.07, 6.45) is 0. The van der Waals surface area contributed by atoms with Crippen LogP contribution < -0.4 is 19.1 Å². The van der Waals surface area contributed by atoms with E-state index in [1.807, 2.05) is 27.7 Å². The maximum absolute atomic E-state index is 14.1. The van der Waals surface area contributed by atoms with E-state index in [9.17, 15) is 18.0 Å². The Morgan fingerprint density at radius 1 is 0.952 bits per heavy atom. The Labute approximate surface area is 253 Å². The molecule has 0 saturated carbocycles. The van der Waals surface area contributed by atoms with Gasteiger partial charge in [-0.25, -0.2) is 8.42 Å². The number of nitrogens with one attached hydrogen (secondary N) is 1. The summed E-state index contributed by atoms with van der Waals surface area (Å²) in [5.74, 6) is -0.358. The molecule has 0 saturated heterocycles. The van der Waals surface area contributed by atoms with Gasteiger partial charge in [-0.1, -0.05) is 41.4 Å². The van der Waals surface area contributed by atoms with Crippen molar-refractivity contribution in [3.63, 3.8) is 0 Å². The Bertz CT molecular complexity index is 1520. The van der Waals surface area contributed by atoms with Crippen LogP contribution in [0.4, 0.5) is 5.69 Å². The first-order valence-electron chi connectivity index (χ1n) is 13.3. The smallest absolute Gasteiger partial charge is 0.264 e. The van der Waals surface area contributed by atoms with Crippen LogP contribution in [0.1, 0.15) is 38.8 Å². The van der Waals surface area contributed by atoms with Crippen molar-refractivity contribution in [2.24, 2.45) is 0 Å². The molecule has 2 amide bonds. The zero-order valence-electron chi connectivity index (χ0n) is 25.0. The number of amides is 2. The normalized spacial score (nSPS) is 12.3. The summed E-state index contributed by atoms with van der Waals surface area (Å²) in [5.41, 5.74) is 1.36. The topological polar surface area (TPSA) is 105 Å². The van der Waals surface area contributed by atoms with Crippen molar-refractivity contribution in [2.45, 2.75) is 57.6 Å². The summed E-state index contributed by atoms with van der Waals surface area (Å²) < 4.78 is 39.8. The average molecular weight is 616 g/mol. The highest BCUT2D eigenvalue weighted by Crippen LogP contribution is 2.32. The van der Waals surface area contributed by atoms with E-state index in [0.717, 1.165) is 9.87 Å². The average Bonchev–Trinajstić information content (AvgIpc) is 2.93. The second-order valence-electron chi connectivity index (χ2n) is 10.9. The monoisotopic (exact) mass is 615 g/mol. The second kappa shape index (κ2) is 13.5.